The number of fused-ring (bicyclic) bond motifs is 1. The predicted molar refractivity (Wildman–Crippen MR) is 95.6 cm³/mol. The van der Waals surface area contributed by atoms with Gasteiger partial charge < -0.3 is 10.1 Å². The zero-order valence-electron chi connectivity index (χ0n) is 15.5. The first-order chi connectivity index (χ1) is 11.2. The first-order valence-corrected chi connectivity index (χ1v) is 8.93. The zero-order chi connectivity index (χ0) is 17.5. The molecule has 0 bridgehead atoms. The molecule has 1 amide bonds. The number of benzene rings is 1. The number of nitrogens with zero attached hydrogens (tertiary/aromatic N) is 1. The maximum Gasteiger partial charge on any atom is 0.408 e. The number of carbonyl (C=O) groups is 1. The summed E-state index contributed by atoms with van der Waals surface area (Å²) in [5, 5.41) is 3.09. The van der Waals surface area contributed by atoms with Crippen LogP contribution in [0.2, 0.25) is 0 Å². The van der Waals surface area contributed by atoms with E-state index >= 15 is 0 Å². The van der Waals surface area contributed by atoms with E-state index in [1.54, 1.807) is 0 Å². The van der Waals surface area contributed by atoms with Crippen molar-refractivity contribution >= 4 is 6.09 Å². The number of nitrogens with one attached hydrogen (secondary N) is 1. The normalized spacial score (nSPS) is 26.8. The molecule has 4 nitrogen and oxygen atoms in total. The summed E-state index contributed by atoms with van der Waals surface area (Å²) in [6.07, 6.45) is -0.307. The van der Waals surface area contributed by atoms with Crippen LogP contribution in [0.3, 0.4) is 0 Å². The molecule has 4 heteroatoms. The fourth-order valence-corrected chi connectivity index (χ4v) is 4.30. The summed E-state index contributed by atoms with van der Waals surface area (Å²) in [6, 6.07) is 10.6. The number of amides is 1. The summed E-state index contributed by atoms with van der Waals surface area (Å²) in [5.41, 5.74) is 0.712. The predicted octanol–water partition coefficient (Wildman–Crippen LogP) is 3.67. The van der Waals surface area contributed by atoms with Crippen molar-refractivity contribution in [2.24, 2.45) is 17.8 Å². The molecule has 1 N–H and O–H groups in total. The Kier molecular flexibility index (Phi) is 4.37. The fourth-order valence-electron chi connectivity index (χ4n) is 4.30. The molecule has 2 aliphatic rings. The highest BCUT2D eigenvalue weighted by Gasteiger charge is 2.61. The summed E-state index contributed by atoms with van der Waals surface area (Å²) in [7, 11) is 0. The van der Waals surface area contributed by atoms with Crippen LogP contribution in [0, 0.1) is 17.8 Å². The molecule has 1 saturated carbocycles. The second kappa shape index (κ2) is 6.07. The lowest BCUT2D eigenvalue weighted by molar-refractivity contribution is 0.0449. The number of rotatable bonds is 4. The van der Waals surface area contributed by atoms with Gasteiger partial charge >= 0.3 is 6.09 Å². The van der Waals surface area contributed by atoms with Crippen molar-refractivity contribution in [3.8, 4) is 0 Å². The lowest BCUT2D eigenvalue weighted by Gasteiger charge is -2.31. The summed E-state index contributed by atoms with van der Waals surface area (Å²) in [4.78, 5) is 14.6. The fraction of sp³-hybridized carbons (Fsp3) is 0.650. The first kappa shape index (κ1) is 17.3. The summed E-state index contributed by atoms with van der Waals surface area (Å²) in [6.45, 7) is 13.2. The van der Waals surface area contributed by atoms with Gasteiger partial charge in [0.15, 0.2) is 0 Å². The number of alkyl carbamates (subject to hydrolysis) is 1. The van der Waals surface area contributed by atoms with Crippen LogP contribution in [0.25, 0.3) is 0 Å². The Morgan fingerprint density at radius 3 is 2.25 bits per heavy atom. The Bertz CT molecular complexity index is 579. The van der Waals surface area contributed by atoms with Crippen LogP contribution in [0.5, 0.6) is 0 Å². The maximum atomic E-state index is 12.1. The summed E-state index contributed by atoms with van der Waals surface area (Å²) < 4.78 is 5.41. The zero-order valence-corrected chi connectivity index (χ0v) is 15.5. The van der Waals surface area contributed by atoms with Crippen LogP contribution in [0.4, 0.5) is 4.79 Å². The number of carbonyl (C=O) groups excluding carboxylic acids is 1. The van der Waals surface area contributed by atoms with Crippen LogP contribution in [0.15, 0.2) is 30.3 Å². The quantitative estimate of drug-likeness (QED) is 0.916. The molecule has 1 aromatic rings. The van der Waals surface area contributed by atoms with Gasteiger partial charge in [-0.15, -0.1) is 0 Å². The molecule has 1 saturated heterocycles. The molecule has 0 spiro atoms. The van der Waals surface area contributed by atoms with E-state index in [0.717, 1.165) is 19.6 Å². The molecule has 1 unspecified atom stereocenters. The van der Waals surface area contributed by atoms with Gasteiger partial charge in [-0.3, -0.25) is 4.90 Å². The van der Waals surface area contributed by atoms with E-state index in [4.69, 9.17) is 4.74 Å². The average molecular weight is 330 g/mol. The van der Waals surface area contributed by atoms with Gasteiger partial charge in [-0.1, -0.05) is 30.3 Å². The molecule has 2 fully saturated rings. The topological polar surface area (TPSA) is 41.6 Å². The lowest BCUT2D eigenvalue weighted by atomic mass is 9.94. The van der Waals surface area contributed by atoms with E-state index < -0.39 is 5.60 Å². The Morgan fingerprint density at radius 2 is 1.71 bits per heavy atom. The minimum absolute atomic E-state index is 0.212. The summed E-state index contributed by atoms with van der Waals surface area (Å²) >= 11 is 0. The standard InChI is InChI=1S/C20H30N2O2/c1-19(2,3)24-18(23)21-20(4,5)17-15-12-22(13-16(15)17)11-14-9-7-6-8-10-14/h6-10,15-17H,11-13H2,1-5H3,(H,21,23)/t15-,16+,17?. The van der Waals surface area contributed by atoms with Crippen molar-refractivity contribution in [1.29, 1.82) is 0 Å². The maximum absolute atomic E-state index is 12.1. The average Bonchev–Trinajstić information content (AvgIpc) is 2.97. The van der Waals surface area contributed by atoms with Crippen molar-refractivity contribution in [1.82, 2.24) is 10.2 Å². The molecule has 3 atom stereocenters. The molecule has 1 heterocycles. The van der Waals surface area contributed by atoms with Crippen molar-refractivity contribution in [2.75, 3.05) is 13.1 Å². The van der Waals surface area contributed by atoms with E-state index in [1.165, 1.54) is 5.56 Å². The van der Waals surface area contributed by atoms with E-state index in [0.29, 0.717) is 17.8 Å². The Balaban J connectivity index is 1.50. The third-order valence-electron chi connectivity index (χ3n) is 5.18. The number of ether oxygens (including phenoxy) is 1. The van der Waals surface area contributed by atoms with E-state index in [2.05, 4.69) is 54.4 Å². The molecule has 1 aliphatic carbocycles. The largest absolute Gasteiger partial charge is 0.444 e. The molecule has 0 radical (unpaired) electrons. The Labute approximate surface area is 145 Å². The third-order valence-corrected chi connectivity index (χ3v) is 5.18. The van der Waals surface area contributed by atoms with Gasteiger partial charge in [0.25, 0.3) is 0 Å². The third kappa shape index (κ3) is 3.92. The summed E-state index contributed by atoms with van der Waals surface area (Å²) in [5.74, 6) is 1.94. The highest BCUT2D eigenvalue weighted by molar-refractivity contribution is 5.68. The molecular weight excluding hydrogens is 300 g/mol. The highest BCUT2D eigenvalue weighted by Crippen LogP contribution is 2.57. The smallest absolute Gasteiger partial charge is 0.408 e. The van der Waals surface area contributed by atoms with Crippen LogP contribution < -0.4 is 5.32 Å². The molecular formula is C20H30N2O2. The van der Waals surface area contributed by atoms with Gasteiger partial charge in [-0.25, -0.2) is 4.79 Å². The van der Waals surface area contributed by atoms with Gasteiger partial charge in [0, 0.05) is 25.2 Å². The molecule has 3 rings (SSSR count). The highest BCUT2D eigenvalue weighted by atomic mass is 16.6. The van der Waals surface area contributed by atoms with Crippen LogP contribution in [0.1, 0.15) is 40.2 Å². The van der Waals surface area contributed by atoms with Crippen molar-refractivity contribution < 1.29 is 9.53 Å². The Morgan fingerprint density at radius 1 is 1.12 bits per heavy atom. The van der Waals surface area contributed by atoms with Crippen LogP contribution in [-0.4, -0.2) is 35.2 Å². The van der Waals surface area contributed by atoms with Crippen molar-refractivity contribution in [3.63, 3.8) is 0 Å². The molecule has 1 aromatic carbocycles. The molecule has 132 valence electrons. The second-order valence-electron chi connectivity index (χ2n) is 8.88. The second-order valence-corrected chi connectivity index (χ2v) is 8.88. The number of likely N-dealkylation sites (tertiary alicyclic amines) is 1. The molecule has 24 heavy (non-hydrogen) atoms. The van der Waals surface area contributed by atoms with Crippen LogP contribution >= 0.6 is 0 Å². The number of piperidine rings is 1. The lowest BCUT2D eigenvalue weighted by Crippen LogP contribution is -2.49. The van der Waals surface area contributed by atoms with Gasteiger partial charge in [0.1, 0.15) is 5.60 Å². The first-order valence-electron chi connectivity index (χ1n) is 8.93. The SMILES string of the molecule is CC(C)(C)OC(=O)NC(C)(C)C1[C@H]2CN(Cc3ccccc3)C[C@@H]12. The van der Waals surface area contributed by atoms with Gasteiger partial charge in [0.05, 0.1) is 0 Å². The van der Waals surface area contributed by atoms with Gasteiger partial charge in [-0.2, -0.15) is 0 Å². The Hall–Kier alpha value is -1.55. The van der Waals surface area contributed by atoms with Crippen molar-refractivity contribution in [2.45, 2.75) is 52.3 Å². The number of hydrogen-bond acceptors (Lipinski definition) is 3. The van der Waals surface area contributed by atoms with E-state index in [9.17, 15) is 4.79 Å². The minimum Gasteiger partial charge on any atom is -0.444 e. The number of hydrogen-bond donors (Lipinski definition) is 1. The van der Waals surface area contributed by atoms with Gasteiger partial charge in [-0.05, 0) is 57.9 Å². The minimum atomic E-state index is -0.452. The van der Waals surface area contributed by atoms with Crippen molar-refractivity contribution in [3.05, 3.63) is 35.9 Å². The molecule has 1 aliphatic heterocycles. The van der Waals surface area contributed by atoms with E-state index in [1.807, 2.05) is 20.8 Å². The van der Waals surface area contributed by atoms with Gasteiger partial charge in [0.2, 0.25) is 0 Å². The molecule has 0 aromatic heterocycles. The van der Waals surface area contributed by atoms with E-state index in [-0.39, 0.29) is 11.6 Å². The van der Waals surface area contributed by atoms with Crippen LogP contribution in [-0.2, 0) is 11.3 Å². The monoisotopic (exact) mass is 330 g/mol.